The minimum atomic E-state index is 0.202. The van der Waals surface area contributed by atoms with Crippen molar-refractivity contribution in [3.05, 3.63) is 29.3 Å². The summed E-state index contributed by atoms with van der Waals surface area (Å²) in [5, 5.41) is 0. The van der Waals surface area contributed by atoms with Gasteiger partial charge in [0.2, 0.25) is 0 Å². The molecular formula is C13H17NS. The van der Waals surface area contributed by atoms with E-state index in [2.05, 4.69) is 18.2 Å². The average molecular weight is 219 g/mol. The van der Waals surface area contributed by atoms with Crippen LogP contribution in [0.25, 0.3) is 0 Å². The summed E-state index contributed by atoms with van der Waals surface area (Å²) < 4.78 is 0. The highest BCUT2D eigenvalue weighted by Crippen LogP contribution is 2.37. The molecule has 1 saturated carbocycles. The monoisotopic (exact) mass is 219 g/mol. The van der Waals surface area contributed by atoms with Gasteiger partial charge in [0.1, 0.15) is 0 Å². The second-order valence-electron chi connectivity index (χ2n) is 4.90. The normalized spacial score (nSPS) is 21.4. The number of rotatable bonds is 3. The minimum Gasteiger partial charge on any atom is -0.325 e. The largest absolute Gasteiger partial charge is 0.325 e. The number of hydrogen-bond donors (Lipinski definition) is 1. The van der Waals surface area contributed by atoms with Gasteiger partial charge in [-0.1, -0.05) is 12.1 Å². The standard InChI is InChI=1S/C13H17NS/c14-13(6-7-13)5-3-10-1-2-12-11(9-10)4-8-15-12/h1-2,9H,3-8,14H2. The average Bonchev–Trinajstić information content (AvgIpc) is 2.80. The minimum absolute atomic E-state index is 0.202. The molecule has 0 amide bonds. The highest BCUT2D eigenvalue weighted by molar-refractivity contribution is 7.99. The van der Waals surface area contributed by atoms with Crippen molar-refractivity contribution in [2.75, 3.05) is 5.75 Å². The molecule has 1 aromatic carbocycles. The van der Waals surface area contributed by atoms with Gasteiger partial charge in [-0.3, -0.25) is 0 Å². The Morgan fingerprint density at radius 3 is 3.00 bits per heavy atom. The van der Waals surface area contributed by atoms with E-state index in [1.165, 1.54) is 41.9 Å². The Balaban J connectivity index is 1.70. The van der Waals surface area contributed by atoms with E-state index in [4.69, 9.17) is 5.73 Å². The van der Waals surface area contributed by atoms with Gasteiger partial charge in [0, 0.05) is 16.2 Å². The molecule has 0 unspecified atom stereocenters. The molecule has 0 atom stereocenters. The molecule has 1 nitrogen and oxygen atoms in total. The van der Waals surface area contributed by atoms with E-state index < -0.39 is 0 Å². The lowest BCUT2D eigenvalue weighted by atomic mass is 10.0. The third-order valence-corrected chi connectivity index (χ3v) is 4.68. The molecule has 80 valence electrons. The van der Waals surface area contributed by atoms with E-state index in [0.717, 1.165) is 6.42 Å². The third kappa shape index (κ3) is 2.06. The molecular weight excluding hydrogens is 202 g/mol. The van der Waals surface area contributed by atoms with Crippen molar-refractivity contribution in [1.29, 1.82) is 0 Å². The van der Waals surface area contributed by atoms with E-state index in [1.807, 2.05) is 11.8 Å². The molecule has 0 bridgehead atoms. The molecule has 1 aromatic rings. The topological polar surface area (TPSA) is 26.0 Å². The van der Waals surface area contributed by atoms with Gasteiger partial charge in [-0.2, -0.15) is 0 Å². The van der Waals surface area contributed by atoms with Gasteiger partial charge in [-0.25, -0.2) is 0 Å². The van der Waals surface area contributed by atoms with E-state index in [1.54, 1.807) is 5.56 Å². The lowest BCUT2D eigenvalue weighted by Gasteiger charge is -2.09. The van der Waals surface area contributed by atoms with Gasteiger partial charge >= 0.3 is 0 Å². The van der Waals surface area contributed by atoms with Crippen LogP contribution >= 0.6 is 11.8 Å². The molecule has 1 heterocycles. The molecule has 2 heteroatoms. The Morgan fingerprint density at radius 2 is 2.20 bits per heavy atom. The summed E-state index contributed by atoms with van der Waals surface area (Å²) in [6.07, 6.45) is 6.04. The highest BCUT2D eigenvalue weighted by atomic mass is 32.2. The molecule has 0 saturated heterocycles. The van der Waals surface area contributed by atoms with E-state index in [0.29, 0.717) is 0 Å². The van der Waals surface area contributed by atoms with Crippen molar-refractivity contribution in [3.8, 4) is 0 Å². The fraction of sp³-hybridized carbons (Fsp3) is 0.538. The van der Waals surface area contributed by atoms with Crippen LogP contribution in [0.5, 0.6) is 0 Å². The maximum absolute atomic E-state index is 6.10. The zero-order valence-electron chi connectivity index (χ0n) is 8.96. The van der Waals surface area contributed by atoms with Crippen LogP contribution in [0, 0.1) is 0 Å². The molecule has 2 aliphatic rings. The quantitative estimate of drug-likeness (QED) is 0.846. The summed E-state index contributed by atoms with van der Waals surface area (Å²) in [7, 11) is 0. The maximum Gasteiger partial charge on any atom is 0.0158 e. The van der Waals surface area contributed by atoms with Crippen LogP contribution in [-0.2, 0) is 12.8 Å². The van der Waals surface area contributed by atoms with Crippen molar-refractivity contribution in [3.63, 3.8) is 0 Å². The molecule has 2 N–H and O–H groups in total. The van der Waals surface area contributed by atoms with Crippen LogP contribution in [0.15, 0.2) is 23.1 Å². The third-order valence-electron chi connectivity index (χ3n) is 3.56. The Labute approximate surface area is 95.4 Å². The zero-order valence-corrected chi connectivity index (χ0v) is 9.78. The van der Waals surface area contributed by atoms with Crippen molar-refractivity contribution in [2.45, 2.75) is 42.5 Å². The molecule has 3 rings (SSSR count). The zero-order chi connectivity index (χ0) is 10.3. The number of hydrogen-bond acceptors (Lipinski definition) is 2. The Morgan fingerprint density at radius 1 is 1.33 bits per heavy atom. The first-order chi connectivity index (χ1) is 7.25. The Bertz CT molecular complexity index is 382. The smallest absolute Gasteiger partial charge is 0.0158 e. The van der Waals surface area contributed by atoms with Crippen molar-refractivity contribution >= 4 is 11.8 Å². The lowest BCUT2D eigenvalue weighted by molar-refractivity contribution is 0.609. The first-order valence-electron chi connectivity index (χ1n) is 5.79. The molecule has 0 radical (unpaired) electrons. The van der Waals surface area contributed by atoms with Gasteiger partial charge in [0.15, 0.2) is 0 Å². The van der Waals surface area contributed by atoms with Crippen LogP contribution in [0.2, 0.25) is 0 Å². The second-order valence-corrected chi connectivity index (χ2v) is 6.04. The van der Waals surface area contributed by atoms with E-state index >= 15 is 0 Å². The number of benzene rings is 1. The Hall–Kier alpha value is -0.470. The summed E-state index contributed by atoms with van der Waals surface area (Å²) >= 11 is 1.99. The predicted octanol–water partition coefficient (Wildman–Crippen LogP) is 2.76. The van der Waals surface area contributed by atoms with E-state index in [9.17, 15) is 0 Å². The van der Waals surface area contributed by atoms with Gasteiger partial charge < -0.3 is 5.73 Å². The van der Waals surface area contributed by atoms with E-state index in [-0.39, 0.29) is 5.54 Å². The van der Waals surface area contributed by atoms with Gasteiger partial charge in [0.25, 0.3) is 0 Å². The van der Waals surface area contributed by atoms with Crippen LogP contribution < -0.4 is 5.73 Å². The number of nitrogens with two attached hydrogens (primary N) is 1. The fourth-order valence-electron chi connectivity index (χ4n) is 2.20. The van der Waals surface area contributed by atoms with Gasteiger partial charge in [0.05, 0.1) is 0 Å². The highest BCUT2D eigenvalue weighted by Gasteiger charge is 2.37. The predicted molar refractivity (Wildman–Crippen MR) is 65.3 cm³/mol. The first kappa shape index (κ1) is 9.73. The molecule has 1 aliphatic heterocycles. The number of fused-ring (bicyclic) bond motifs is 1. The summed E-state index contributed by atoms with van der Waals surface area (Å²) in [6, 6.07) is 6.96. The molecule has 0 spiro atoms. The number of aryl methyl sites for hydroxylation is 2. The lowest BCUT2D eigenvalue weighted by Crippen LogP contribution is -2.22. The molecule has 1 aliphatic carbocycles. The summed E-state index contributed by atoms with van der Waals surface area (Å²) in [5.41, 5.74) is 9.34. The second kappa shape index (κ2) is 3.53. The summed E-state index contributed by atoms with van der Waals surface area (Å²) in [4.78, 5) is 1.49. The van der Waals surface area contributed by atoms with Crippen molar-refractivity contribution in [1.82, 2.24) is 0 Å². The molecule has 0 aromatic heterocycles. The van der Waals surface area contributed by atoms with Crippen molar-refractivity contribution < 1.29 is 0 Å². The van der Waals surface area contributed by atoms with Gasteiger partial charge in [-0.15, -0.1) is 11.8 Å². The van der Waals surface area contributed by atoms with Crippen LogP contribution in [-0.4, -0.2) is 11.3 Å². The number of thioether (sulfide) groups is 1. The van der Waals surface area contributed by atoms with Crippen LogP contribution in [0.1, 0.15) is 30.4 Å². The van der Waals surface area contributed by atoms with Gasteiger partial charge in [-0.05, 0) is 49.3 Å². The first-order valence-corrected chi connectivity index (χ1v) is 6.77. The van der Waals surface area contributed by atoms with Crippen LogP contribution in [0.3, 0.4) is 0 Å². The van der Waals surface area contributed by atoms with Crippen LogP contribution in [0.4, 0.5) is 0 Å². The Kier molecular flexibility index (Phi) is 2.29. The van der Waals surface area contributed by atoms with Crippen molar-refractivity contribution in [2.24, 2.45) is 5.73 Å². The summed E-state index contributed by atoms with van der Waals surface area (Å²) in [6.45, 7) is 0. The molecule has 15 heavy (non-hydrogen) atoms. The SMILES string of the molecule is NC1(CCc2ccc3c(c2)CCS3)CC1. The fourth-order valence-corrected chi connectivity index (χ4v) is 3.25. The maximum atomic E-state index is 6.10. The molecule has 1 fully saturated rings. The summed E-state index contributed by atoms with van der Waals surface area (Å²) in [5.74, 6) is 1.26.